The predicted molar refractivity (Wildman–Crippen MR) is 44.8 cm³/mol. The number of ketones is 1. The molecule has 0 aliphatic heterocycles. The first-order valence-electron chi connectivity index (χ1n) is 3.67. The zero-order chi connectivity index (χ0) is 11.9. The van der Waals surface area contributed by atoms with Crippen LogP contribution in [0.2, 0.25) is 0 Å². The van der Waals surface area contributed by atoms with Gasteiger partial charge in [0.1, 0.15) is 0 Å². The number of carbonyl (C=O) groups is 1. The molecule has 1 heterocycles. The molecule has 1 aromatic heterocycles. The lowest BCUT2D eigenvalue weighted by Gasteiger charge is -2.07. The summed E-state index contributed by atoms with van der Waals surface area (Å²) in [6, 6.07) is 1.01. The van der Waals surface area contributed by atoms with E-state index in [9.17, 15) is 26.4 Å². The summed E-state index contributed by atoms with van der Waals surface area (Å²) in [6.07, 6.45) is 1.31. The van der Waals surface area contributed by atoms with Crippen molar-refractivity contribution in [2.45, 2.75) is 12.4 Å². The van der Waals surface area contributed by atoms with Crippen LogP contribution in [-0.2, 0) is 10.0 Å². The van der Waals surface area contributed by atoms with Gasteiger partial charge in [-0.1, -0.05) is 0 Å². The highest BCUT2D eigenvalue weighted by atomic mass is 32.2. The lowest BCUT2D eigenvalue weighted by molar-refractivity contribution is -0.0446. The van der Waals surface area contributed by atoms with Crippen molar-refractivity contribution in [1.82, 2.24) is 3.97 Å². The Morgan fingerprint density at radius 3 is 2.27 bits per heavy atom. The van der Waals surface area contributed by atoms with E-state index in [0.717, 1.165) is 13.0 Å². The summed E-state index contributed by atoms with van der Waals surface area (Å²) in [5.74, 6) is -0.508. The third kappa shape index (κ3) is 2.04. The Kier molecular flexibility index (Phi) is 2.64. The lowest BCUT2D eigenvalue weighted by Crippen LogP contribution is -2.28. The molecule has 0 unspecified atom stereocenters. The summed E-state index contributed by atoms with van der Waals surface area (Å²) < 4.78 is 57.7. The number of halogens is 3. The normalized spacial score (nSPS) is 12.8. The van der Waals surface area contributed by atoms with Gasteiger partial charge in [0.25, 0.3) is 0 Å². The maximum atomic E-state index is 12.0. The van der Waals surface area contributed by atoms with Gasteiger partial charge in [-0.25, -0.2) is 3.97 Å². The van der Waals surface area contributed by atoms with Gasteiger partial charge in [-0.3, -0.25) is 4.79 Å². The molecule has 0 aromatic carbocycles. The maximum absolute atomic E-state index is 12.0. The number of rotatable bonds is 2. The van der Waals surface area contributed by atoms with E-state index in [1.54, 1.807) is 0 Å². The molecular weight excluding hydrogens is 235 g/mol. The first-order valence-corrected chi connectivity index (χ1v) is 5.11. The molecule has 8 heteroatoms. The van der Waals surface area contributed by atoms with Crippen molar-refractivity contribution in [1.29, 1.82) is 0 Å². The van der Waals surface area contributed by atoms with Crippen molar-refractivity contribution >= 4 is 15.8 Å². The Labute approximate surface area is 83.4 Å². The Morgan fingerprint density at radius 2 is 1.93 bits per heavy atom. The number of carbonyl (C=O) groups excluding carboxylic acids is 1. The van der Waals surface area contributed by atoms with Crippen molar-refractivity contribution in [3.05, 3.63) is 24.0 Å². The fourth-order valence-corrected chi connectivity index (χ4v) is 1.57. The minimum Gasteiger partial charge on any atom is -0.294 e. The van der Waals surface area contributed by atoms with Crippen molar-refractivity contribution in [2.75, 3.05) is 0 Å². The average molecular weight is 241 g/mol. The predicted octanol–water partition coefficient (Wildman–Crippen LogP) is 1.39. The van der Waals surface area contributed by atoms with Gasteiger partial charge in [-0.15, -0.1) is 0 Å². The number of aromatic nitrogens is 1. The summed E-state index contributed by atoms with van der Waals surface area (Å²) in [5, 5.41) is 0. The molecular formula is C7H6F3NO3S. The van der Waals surface area contributed by atoms with Crippen LogP contribution >= 0.6 is 0 Å². The van der Waals surface area contributed by atoms with Gasteiger partial charge in [0.2, 0.25) is 0 Å². The number of nitrogens with zero attached hydrogens (tertiary/aromatic N) is 1. The van der Waals surface area contributed by atoms with Crippen LogP contribution in [0.15, 0.2) is 18.5 Å². The molecule has 0 N–H and O–H groups in total. The van der Waals surface area contributed by atoms with Gasteiger partial charge in [0, 0.05) is 18.0 Å². The molecule has 0 aliphatic rings. The summed E-state index contributed by atoms with van der Waals surface area (Å²) in [5.41, 5.74) is -5.47. The van der Waals surface area contributed by atoms with E-state index in [0.29, 0.717) is 12.4 Å². The van der Waals surface area contributed by atoms with Gasteiger partial charge < -0.3 is 0 Å². The first-order chi connectivity index (χ1) is 6.66. The number of alkyl halides is 3. The van der Waals surface area contributed by atoms with E-state index in [4.69, 9.17) is 0 Å². The first kappa shape index (κ1) is 11.8. The van der Waals surface area contributed by atoms with E-state index in [-0.39, 0.29) is 9.54 Å². The highest BCUT2D eigenvalue weighted by Crippen LogP contribution is 2.25. The monoisotopic (exact) mass is 241 g/mol. The molecule has 0 saturated heterocycles. The Morgan fingerprint density at radius 1 is 1.40 bits per heavy atom. The molecule has 4 nitrogen and oxygen atoms in total. The quantitative estimate of drug-likeness (QED) is 0.735. The highest BCUT2D eigenvalue weighted by Gasteiger charge is 2.47. The largest absolute Gasteiger partial charge is 0.517 e. The van der Waals surface area contributed by atoms with Crippen molar-refractivity contribution < 1.29 is 26.4 Å². The zero-order valence-electron chi connectivity index (χ0n) is 7.45. The van der Waals surface area contributed by atoms with Crippen LogP contribution < -0.4 is 0 Å². The van der Waals surface area contributed by atoms with Gasteiger partial charge in [-0.2, -0.15) is 21.6 Å². The Hall–Kier alpha value is -1.31. The molecule has 0 atom stereocenters. The molecule has 0 fully saturated rings. The van der Waals surface area contributed by atoms with Crippen LogP contribution in [0.5, 0.6) is 0 Å². The summed E-state index contributed by atoms with van der Waals surface area (Å²) >= 11 is 0. The lowest BCUT2D eigenvalue weighted by atomic mass is 10.2. The SMILES string of the molecule is CC(=O)c1ccn(S(=O)(=O)C(F)(F)F)c1. The number of Topliss-reactive ketones (excluding diaryl/α,β-unsaturated/α-hetero) is 1. The average Bonchev–Trinajstić information content (AvgIpc) is 2.49. The van der Waals surface area contributed by atoms with Crippen LogP contribution in [0.25, 0.3) is 0 Å². The minimum absolute atomic E-state index is 0.0241. The Balaban J connectivity index is 3.24. The Bertz CT molecular complexity index is 486. The number of hydrogen-bond donors (Lipinski definition) is 0. The molecule has 0 amide bonds. The van der Waals surface area contributed by atoms with Crippen molar-refractivity contribution in [3.8, 4) is 0 Å². The summed E-state index contributed by atoms with van der Waals surface area (Å²) in [7, 11) is -5.42. The van der Waals surface area contributed by atoms with Gasteiger partial charge in [0.15, 0.2) is 5.78 Å². The second-order valence-electron chi connectivity index (χ2n) is 2.74. The molecule has 0 radical (unpaired) electrons. The molecule has 0 bridgehead atoms. The van der Waals surface area contributed by atoms with Crippen molar-refractivity contribution in [3.63, 3.8) is 0 Å². The molecule has 0 spiro atoms. The fraction of sp³-hybridized carbons (Fsp3) is 0.286. The number of hydrogen-bond acceptors (Lipinski definition) is 3. The summed E-state index contributed by atoms with van der Waals surface area (Å²) in [6.45, 7) is 1.12. The van der Waals surface area contributed by atoms with Gasteiger partial charge in [-0.05, 0) is 13.0 Å². The van der Waals surface area contributed by atoms with Crippen LogP contribution in [0.1, 0.15) is 17.3 Å². The third-order valence-corrected chi connectivity index (χ3v) is 3.01. The maximum Gasteiger partial charge on any atom is 0.517 e. The molecule has 1 aromatic rings. The second-order valence-corrected chi connectivity index (χ2v) is 4.57. The molecule has 84 valence electrons. The second kappa shape index (κ2) is 3.37. The van der Waals surface area contributed by atoms with Crippen molar-refractivity contribution in [2.24, 2.45) is 0 Å². The summed E-state index contributed by atoms with van der Waals surface area (Å²) in [4.78, 5) is 10.7. The topological polar surface area (TPSA) is 56.1 Å². The van der Waals surface area contributed by atoms with E-state index in [1.165, 1.54) is 0 Å². The zero-order valence-corrected chi connectivity index (χ0v) is 8.26. The molecule has 15 heavy (non-hydrogen) atoms. The van der Waals surface area contributed by atoms with Crippen LogP contribution in [0.4, 0.5) is 13.2 Å². The van der Waals surface area contributed by atoms with Crippen LogP contribution in [-0.4, -0.2) is 23.7 Å². The van der Waals surface area contributed by atoms with Gasteiger partial charge in [0.05, 0.1) is 0 Å². The van der Waals surface area contributed by atoms with E-state index < -0.39 is 21.3 Å². The smallest absolute Gasteiger partial charge is 0.294 e. The van der Waals surface area contributed by atoms with Crippen LogP contribution in [0, 0.1) is 0 Å². The van der Waals surface area contributed by atoms with E-state index in [2.05, 4.69) is 0 Å². The molecule has 1 rings (SSSR count). The van der Waals surface area contributed by atoms with Crippen LogP contribution in [0.3, 0.4) is 0 Å². The molecule has 0 saturated carbocycles. The minimum atomic E-state index is -5.42. The van der Waals surface area contributed by atoms with E-state index in [1.807, 2.05) is 0 Å². The molecule has 0 aliphatic carbocycles. The van der Waals surface area contributed by atoms with Gasteiger partial charge >= 0.3 is 15.5 Å². The third-order valence-electron chi connectivity index (χ3n) is 1.64. The fourth-order valence-electron chi connectivity index (χ4n) is 0.854. The highest BCUT2D eigenvalue weighted by molar-refractivity contribution is 7.90. The van der Waals surface area contributed by atoms with E-state index >= 15 is 0 Å². The standard InChI is InChI=1S/C7H6F3NO3S/c1-5(12)6-2-3-11(4-6)15(13,14)7(8,9)10/h2-4H,1H3.